The quantitative estimate of drug-likeness (QED) is 0.756. The van der Waals surface area contributed by atoms with E-state index >= 15 is 0 Å². The molecular formula is C9H8FIO. The summed E-state index contributed by atoms with van der Waals surface area (Å²) >= 11 is 2.08. The zero-order valence-electron chi connectivity index (χ0n) is 6.39. The van der Waals surface area contributed by atoms with Crippen LogP contribution in [0.5, 0.6) is 5.75 Å². The van der Waals surface area contributed by atoms with Crippen molar-refractivity contribution in [3.63, 3.8) is 0 Å². The lowest BCUT2D eigenvalue weighted by atomic mass is 10.3. The Morgan fingerprint density at radius 2 is 2.08 bits per heavy atom. The summed E-state index contributed by atoms with van der Waals surface area (Å²) in [5.74, 6) is 0.430. The van der Waals surface area contributed by atoms with Crippen LogP contribution < -0.4 is 4.74 Å². The lowest BCUT2D eigenvalue weighted by molar-refractivity contribution is 0.301. The molecule has 0 aromatic heterocycles. The monoisotopic (exact) mass is 278 g/mol. The SMILES string of the molecule is Fc1cc(I)cc(OC2CC2)c1. The van der Waals surface area contributed by atoms with E-state index in [1.165, 1.54) is 12.1 Å². The molecule has 0 amide bonds. The first-order chi connectivity index (χ1) is 5.74. The highest BCUT2D eigenvalue weighted by Gasteiger charge is 2.23. The van der Waals surface area contributed by atoms with E-state index in [-0.39, 0.29) is 5.82 Å². The third-order valence-electron chi connectivity index (χ3n) is 1.66. The van der Waals surface area contributed by atoms with Crippen LogP contribution in [0.25, 0.3) is 0 Å². The van der Waals surface area contributed by atoms with E-state index in [1.807, 2.05) is 6.07 Å². The van der Waals surface area contributed by atoms with Crippen molar-refractivity contribution in [1.29, 1.82) is 0 Å². The van der Waals surface area contributed by atoms with Gasteiger partial charge in [-0.2, -0.15) is 0 Å². The number of hydrogen-bond acceptors (Lipinski definition) is 1. The van der Waals surface area contributed by atoms with E-state index in [4.69, 9.17) is 4.74 Å². The standard InChI is InChI=1S/C9H8FIO/c10-6-3-7(11)5-9(4-6)12-8-1-2-8/h3-5,8H,1-2H2. The Morgan fingerprint density at radius 3 is 2.67 bits per heavy atom. The first-order valence-corrected chi connectivity index (χ1v) is 4.95. The van der Waals surface area contributed by atoms with Crippen molar-refractivity contribution in [2.24, 2.45) is 0 Å². The fourth-order valence-corrected chi connectivity index (χ4v) is 1.58. The molecule has 0 saturated heterocycles. The Bertz CT molecular complexity index is 276. The average Bonchev–Trinajstić information content (AvgIpc) is 2.68. The van der Waals surface area contributed by atoms with E-state index in [0.717, 1.165) is 16.4 Å². The molecular weight excluding hydrogens is 270 g/mol. The van der Waals surface area contributed by atoms with Crippen LogP contribution in [0.1, 0.15) is 12.8 Å². The zero-order valence-corrected chi connectivity index (χ0v) is 8.55. The fourth-order valence-electron chi connectivity index (χ4n) is 0.975. The number of halogens is 2. The van der Waals surface area contributed by atoms with Gasteiger partial charge in [0.05, 0.1) is 6.10 Å². The van der Waals surface area contributed by atoms with Crippen LogP contribution in [-0.2, 0) is 0 Å². The Labute approximate surface area is 84.1 Å². The van der Waals surface area contributed by atoms with Crippen LogP contribution in [0.2, 0.25) is 0 Å². The maximum atomic E-state index is 12.8. The van der Waals surface area contributed by atoms with Crippen molar-refractivity contribution >= 4 is 22.6 Å². The molecule has 0 heterocycles. The molecule has 1 aliphatic rings. The molecule has 2 rings (SSSR count). The van der Waals surface area contributed by atoms with Crippen molar-refractivity contribution in [2.75, 3.05) is 0 Å². The van der Waals surface area contributed by atoms with Crippen molar-refractivity contribution in [2.45, 2.75) is 18.9 Å². The van der Waals surface area contributed by atoms with Crippen molar-refractivity contribution < 1.29 is 9.13 Å². The van der Waals surface area contributed by atoms with Gasteiger partial charge in [0.25, 0.3) is 0 Å². The maximum absolute atomic E-state index is 12.8. The summed E-state index contributed by atoms with van der Waals surface area (Å²) in [4.78, 5) is 0. The average molecular weight is 278 g/mol. The highest BCUT2D eigenvalue weighted by atomic mass is 127. The molecule has 0 N–H and O–H groups in total. The maximum Gasteiger partial charge on any atom is 0.127 e. The van der Waals surface area contributed by atoms with Gasteiger partial charge in [0, 0.05) is 9.64 Å². The minimum Gasteiger partial charge on any atom is -0.490 e. The molecule has 1 saturated carbocycles. The number of ether oxygens (including phenoxy) is 1. The largest absolute Gasteiger partial charge is 0.490 e. The third-order valence-corrected chi connectivity index (χ3v) is 2.29. The lowest BCUT2D eigenvalue weighted by Gasteiger charge is -2.04. The first kappa shape index (κ1) is 8.29. The van der Waals surface area contributed by atoms with Gasteiger partial charge in [0.2, 0.25) is 0 Å². The molecule has 3 heteroatoms. The zero-order chi connectivity index (χ0) is 8.55. The molecule has 12 heavy (non-hydrogen) atoms. The molecule has 1 nitrogen and oxygen atoms in total. The second kappa shape index (κ2) is 3.20. The van der Waals surface area contributed by atoms with E-state index in [1.54, 1.807) is 0 Å². The second-order valence-electron chi connectivity index (χ2n) is 2.92. The summed E-state index contributed by atoms with van der Waals surface area (Å²) in [5.41, 5.74) is 0. The molecule has 1 fully saturated rings. The second-order valence-corrected chi connectivity index (χ2v) is 4.17. The van der Waals surface area contributed by atoms with E-state index in [0.29, 0.717) is 11.9 Å². The summed E-state index contributed by atoms with van der Waals surface area (Å²) in [6.45, 7) is 0. The van der Waals surface area contributed by atoms with E-state index < -0.39 is 0 Å². The number of benzene rings is 1. The van der Waals surface area contributed by atoms with Crippen molar-refractivity contribution in [1.82, 2.24) is 0 Å². The van der Waals surface area contributed by atoms with Crippen molar-refractivity contribution in [3.05, 3.63) is 27.6 Å². The Hall–Kier alpha value is -0.320. The highest BCUT2D eigenvalue weighted by Crippen LogP contribution is 2.28. The van der Waals surface area contributed by atoms with Gasteiger partial charge < -0.3 is 4.74 Å². The smallest absolute Gasteiger partial charge is 0.127 e. The minimum absolute atomic E-state index is 0.224. The van der Waals surface area contributed by atoms with Gasteiger partial charge in [0.1, 0.15) is 11.6 Å². The van der Waals surface area contributed by atoms with Crippen LogP contribution >= 0.6 is 22.6 Å². The molecule has 0 unspecified atom stereocenters. The number of hydrogen-bond donors (Lipinski definition) is 0. The van der Waals surface area contributed by atoms with E-state index in [2.05, 4.69) is 22.6 Å². The number of rotatable bonds is 2. The van der Waals surface area contributed by atoms with Gasteiger partial charge >= 0.3 is 0 Å². The molecule has 0 atom stereocenters. The summed E-state index contributed by atoms with van der Waals surface area (Å²) in [6.07, 6.45) is 2.54. The molecule has 1 aromatic rings. The predicted molar refractivity (Wildman–Crippen MR) is 52.8 cm³/mol. The molecule has 64 valence electrons. The first-order valence-electron chi connectivity index (χ1n) is 3.87. The summed E-state index contributed by atoms with van der Waals surface area (Å²) in [5, 5.41) is 0. The van der Waals surface area contributed by atoms with Crippen LogP contribution in [0, 0.1) is 9.39 Å². The lowest BCUT2D eigenvalue weighted by Crippen LogP contribution is -1.96. The Balaban J connectivity index is 2.18. The minimum atomic E-state index is -0.224. The van der Waals surface area contributed by atoms with E-state index in [9.17, 15) is 4.39 Å². The highest BCUT2D eigenvalue weighted by molar-refractivity contribution is 14.1. The molecule has 0 spiro atoms. The molecule has 1 aliphatic carbocycles. The van der Waals surface area contributed by atoms with Gasteiger partial charge in [-0.1, -0.05) is 0 Å². The van der Waals surface area contributed by atoms with Gasteiger partial charge in [-0.25, -0.2) is 4.39 Å². The van der Waals surface area contributed by atoms with Crippen LogP contribution in [0.15, 0.2) is 18.2 Å². The van der Waals surface area contributed by atoms with Gasteiger partial charge in [0.15, 0.2) is 0 Å². The third kappa shape index (κ3) is 2.09. The van der Waals surface area contributed by atoms with Crippen LogP contribution in [-0.4, -0.2) is 6.10 Å². The Morgan fingerprint density at radius 1 is 1.33 bits per heavy atom. The molecule has 0 aliphatic heterocycles. The molecule has 1 aromatic carbocycles. The topological polar surface area (TPSA) is 9.23 Å². The normalized spacial score (nSPS) is 16.2. The van der Waals surface area contributed by atoms with Crippen LogP contribution in [0.4, 0.5) is 4.39 Å². The fraction of sp³-hybridized carbons (Fsp3) is 0.333. The predicted octanol–water partition coefficient (Wildman–Crippen LogP) is 2.97. The summed E-state index contributed by atoms with van der Waals surface area (Å²) < 4.78 is 19.1. The van der Waals surface area contributed by atoms with Crippen LogP contribution in [0.3, 0.4) is 0 Å². The van der Waals surface area contributed by atoms with Gasteiger partial charge in [-0.05, 0) is 47.6 Å². The van der Waals surface area contributed by atoms with Crippen molar-refractivity contribution in [3.8, 4) is 5.75 Å². The van der Waals surface area contributed by atoms with Gasteiger partial charge in [-0.3, -0.25) is 0 Å². The van der Waals surface area contributed by atoms with Gasteiger partial charge in [-0.15, -0.1) is 0 Å². The molecule has 0 bridgehead atoms. The summed E-state index contributed by atoms with van der Waals surface area (Å²) in [7, 11) is 0. The molecule has 0 radical (unpaired) electrons. The summed E-state index contributed by atoms with van der Waals surface area (Å²) in [6, 6.07) is 4.77. The Kier molecular flexibility index (Phi) is 2.21.